The third-order valence-corrected chi connectivity index (χ3v) is 7.09. The number of benzene rings is 3. The van der Waals surface area contributed by atoms with Crippen molar-refractivity contribution in [1.82, 2.24) is 5.32 Å². The first-order chi connectivity index (χ1) is 18.4. The van der Waals surface area contributed by atoms with Gasteiger partial charge in [0.25, 0.3) is 5.91 Å². The normalized spacial score (nSPS) is 15.0. The van der Waals surface area contributed by atoms with Crippen molar-refractivity contribution in [3.05, 3.63) is 98.9 Å². The van der Waals surface area contributed by atoms with Crippen LogP contribution < -0.4 is 19.5 Å². The number of nitrogens with one attached hydrogen (secondary N) is 1. The van der Waals surface area contributed by atoms with Gasteiger partial charge in [0.05, 0.1) is 34.4 Å². The third kappa shape index (κ3) is 6.92. The van der Waals surface area contributed by atoms with Crippen molar-refractivity contribution < 1.29 is 19.0 Å². The van der Waals surface area contributed by atoms with Crippen molar-refractivity contribution in [2.24, 2.45) is 4.99 Å². The number of nitrogens with zero attached hydrogens (tertiary/aromatic N) is 1. The first kappa shape index (κ1) is 27.6. The number of allylic oxidation sites excluding steroid dienone is 1. The largest absolute Gasteiger partial charge is 0.497 e. The van der Waals surface area contributed by atoms with Gasteiger partial charge in [-0.2, -0.15) is 0 Å². The van der Waals surface area contributed by atoms with Crippen LogP contribution in [0, 0.1) is 0 Å². The van der Waals surface area contributed by atoms with Gasteiger partial charge in [0.15, 0.2) is 16.7 Å². The van der Waals surface area contributed by atoms with E-state index in [1.165, 1.54) is 11.8 Å². The van der Waals surface area contributed by atoms with Gasteiger partial charge in [-0.05, 0) is 90.8 Å². The number of rotatable bonds is 10. The number of ether oxygens (including phenoxy) is 3. The fourth-order valence-electron chi connectivity index (χ4n) is 3.69. The zero-order valence-electron chi connectivity index (χ0n) is 20.9. The molecule has 0 aliphatic carbocycles. The number of aliphatic imine (C=N–C) groups is 1. The molecule has 1 N–H and O–H groups in total. The van der Waals surface area contributed by atoms with Gasteiger partial charge in [0.2, 0.25) is 0 Å². The number of halogens is 2. The van der Waals surface area contributed by atoms with E-state index in [2.05, 4.69) is 16.9 Å². The van der Waals surface area contributed by atoms with Crippen molar-refractivity contribution in [1.29, 1.82) is 0 Å². The summed E-state index contributed by atoms with van der Waals surface area (Å²) in [6.45, 7) is 6.52. The Morgan fingerprint density at radius 2 is 1.84 bits per heavy atom. The molecule has 38 heavy (non-hydrogen) atoms. The van der Waals surface area contributed by atoms with E-state index in [9.17, 15) is 4.79 Å². The quantitative estimate of drug-likeness (QED) is 0.201. The molecular weight excluding hydrogens is 543 g/mol. The lowest BCUT2D eigenvalue weighted by atomic mass is 10.0. The number of hydrogen-bond donors (Lipinski definition) is 1. The highest BCUT2D eigenvalue weighted by molar-refractivity contribution is 8.18. The Morgan fingerprint density at radius 1 is 1.05 bits per heavy atom. The van der Waals surface area contributed by atoms with Crippen LogP contribution in [0.3, 0.4) is 0 Å². The van der Waals surface area contributed by atoms with Crippen LogP contribution in [0.25, 0.3) is 6.08 Å². The molecule has 1 heterocycles. The van der Waals surface area contributed by atoms with Crippen molar-refractivity contribution in [2.75, 3.05) is 13.7 Å². The standard InChI is InChI=1S/C29H26Cl2N2O4S/c1-4-6-20-13-19(15-25(36-5-2)27(20)37-17-18-7-12-23(30)24(31)14-18)16-26-28(34)33-29(38-26)32-21-8-10-22(35-3)11-9-21/h4,7-16H,1,5-6,17H2,2-3H3,(H,32,33,34)/b26-16+. The maximum atomic E-state index is 12.7. The molecule has 0 bridgehead atoms. The van der Waals surface area contributed by atoms with Gasteiger partial charge in [-0.3, -0.25) is 4.79 Å². The highest BCUT2D eigenvalue weighted by atomic mass is 35.5. The zero-order valence-corrected chi connectivity index (χ0v) is 23.3. The average molecular weight is 570 g/mol. The molecule has 0 radical (unpaired) electrons. The molecule has 0 spiro atoms. The number of hydrogen-bond acceptors (Lipinski definition) is 6. The van der Waals surface area contributed by atoms with E-state index in [0.717, 1.165) is 22.4 Å². The minimum atomic E-state index is -0.217. The Morgan fingerprint density at radius 3 is 2.53 bits per heavy atom. The molecule has 0 aromatic heterocycles. The summed E-state index contributed by atoms with van der Waals surface area (Å²) < 4.78 is 17.3. The maximum absolute atomic E-state index is 12.7. The van der Waals surface area contributed by atoms with Crippen LogP contribution in [0.4, 0.5) is 5.69 Å². The summed E-state index contributed by atoms with van der Waals surface area (Å²) in [5.74, 6) is 1.72. The topological polar surface area (TPSA) is 69.2 Å². The van der Waals surface area contributed by atoms with Gasteiger partial charge >= 0.3 is 0 Å². The second kappa shape index (κ2) is 12.9. The first-order valence-electron chi connectivity index (χ1n) is 11.8. The monoisotopic (exact) mass is 568 g/mol. The molecule has 1 fully saturated rings. The average Bonchev–Trinajstić information content (AvgIpc) is 3.24. The zero-order chi connectivity index (χ0) is 27.1. The smallest absolute Gasteiger partial charge is 0.264 e. The number of thioether (sulfide) groups is 1. The summed E-state index contributed by atoms with van der Waals surface area (Å²) >= 11 is 13.5. The SMILES string of the molecule is C=CCc1cc(/C=C2/SC(=Nc3ccc(OC)cc3)NC2=O)cc(OCC)c1OCc1ccc(Cl)c(Cl)c1. The molecule has 0 unspecified atom stereocenters. The van der Waals surface area contributed by atoms with E-state index in [1.54, 1.807) is 25.3 Å². The number of amides is 1. The van der Waals surface area contributed by atoms with Crippen LogP contribution in [-0.2, 0) is 17.8 Å². The molecule has 0 atom stereocenters. The van der Waals surface area contributed by atoms with Crippen LogP contribution >= 0.6 is 35.0 Å². The molecule has 196 valence electrons. The molecule has 9 heteroatoms. The number of carbonyl (C=O) groups is 1. The molecule has 1 aliphatic rings. The van der Waals surface area contributed by atoms with Crippen LogP contribution in [-0.4, -0.2) is 24.8 Å². The first-order valence-corrected chi connectivity index (χ1v) is 13.4. The van der Waals surface area contributed by atoms with Gasteiger partial charge in [-0.15, -0.1) is 6.58 Å². The van der Waals surface area contributed by atoms with E-state index in [4.69, 9.17) is 37.4 Å². The van der Waals surface area contributed by atoms with Crippen LogP contribution in [0.15, 0.2) is 77.1 Å². The van der Waals surface area contributed by atoms with Crippen molar-refractivity contribution >= 4 is 57.8 Å². The summed E-state index contributed by atoms with van der Waals surface area (Å²) in [6, 6.07) is 16.5. The Bertz CT molecular complexity index is 1400. The molecule has 4 rings (SSSR count). The minimum absolute atomic E-state index is 0.217. The lowest BCUT2D eigenvalue weighted by Crippen LogP contribution is -2.19. The molecule has 1 aliphatic heterocycles. The fraction of sp³-hybridized carbons (Fsp3) is 0.172. The number of amidine groups is 1. The Balaban J connectivity index is 1.60. The van der Waals surface area contributed by atoms with E-state index in [-0.39, 0.29) is 12.5 Å². The Kier molecular flexibility index (Phi) is 9.39. The fourth-order valence-corrected chi connectivity index (χ4v) is 4.85. The van der Waals surface area contributed by atoms with E-state index >= 15 is 0 Å². The van der Waals surface area contributed by atoms with E-state index in [1.807, 2.05) is 55.5 Å². The van der Waals surface area contributed by atoms with Crippen molar-refractivity contribution in [2.45, 2.75) is 20.0 Å². The summed E-state index contributed by atoms with van der Waals surface area (Å²) in [7, 11) is 1.61. The second-order valence-electron chi connectivity index (χ2n) is 8.15. The number of carbonyl (C=O) groups excluding carboxylic acids is 1. The van der Waals surface area contributed by atoms with Crippen LogP contribution in [0.1, 0.15) is 23.6 Å². The van der Waals surface area contributed by atoms with Crippen molar-refractivity contribution in [3.63, 3.8) is 0 Å². The van der Waals surface area contributed by atoms with Crippen LogP contribution in [0.5, 0.6) is 17.2 Å². The van der Waals surface area contributed by atoms with Crippen LogP contribution in [0.2, 0.25) is 10.0 Å². The third-order valence-electron chi connectivity index (χ3n) is 5.44. The molecular formula is C29H26Cl2N2O4S. The van der Waals surface area contributed by atoms with E-state index in [0.29, 0.717) is 50.3 Å². The lowest BCUT2D eigenvalue weighted by molar-refractivity contribution is -0.115. The maximum Gasteiger partial charge on any atom is 0.264 e. The predicted octanol–water partition coefficient (Wildman–Crippen LogP) is 7.60. The van der Waals surface area contributed by atoms with Gasteiger partial charge < -0.3 is 19.5 Å². The summed E-state index contributed by atoms with van der Waals surface area (Å²) in [4.78, 5) is 17.7. The molecule has 1 saturated heterocycles. The van der Waals surface area contributed by atoms with Gasteiger partial charge in [0.1, 0.15) is 12.4 Å². The van der Waals surface area contributed by atoms with Gasteiger partial charge in [0, 0.05) is 5.56 Å². The Hall–Kier alpha value is -3.39. The Labute approximate surface area is 236 Å². The molecule has 1 amide bonds. The molecule has 0 saturated carbocycles. The number of methoxy groups -OCH3 is 1. The summed E-state index contributed by atoms with van der Waals surface area (Å²) in [5.41, 5.74) is 3.27. The minimum Gasteiger partial charge on any atom is -0.497 e. The van der Waals surface area contributed by atoms with Gasteiger partial charge in [-0.25, -0.2) is 4.99 Å². The molecule has 3 aromatic carbocycles. The highest BCUT2D eigenvalue weighted by Gasteiger charge is 2.24. The lowest BCUT2D eigenvalue weighted by Gasteiger charge is -2.17. The van der Waals surface area contributed by atoms with E-state index < -0.39 is 0 Å². The summed E-state index contributed by atoms with van der Waals surface area (Å²) in [6.07, 6.45) is 4.16. The molecule has 3 aromatic rings. The second-order valence-corrected chi connectivity index (χ2v) is 10.00. The van der Waals surface area contributed by atoms with Crippen molar-refractivity contribution in [3.8, 4) is 17.2 Å². The highest BCUT2D eigenvalue weighted by Crippen LogP contribution is 2.37. The molecule has 6 nitrogen and oxygen atoms in total. The predicted molar refractivity (Wildman–Crippen MR) is 156 cm³/mol. The summed E-state index contributed by atoms with van der Waals surface area (Å²) in [5, 5.41) is 4.28. The van der Waals surface area contributed by atoms with Gasteiger partial charge in [-0.1, -0.05) is 35.3 Å².